The number of hydrogen-bond donors (Lipinski definition) is 2. The summed E-state index contributed by atoms with van der Waals surface area (Å²) in [5, 5.41) is 13.6. The van der Waals surface area contributed by atoms with Crippen LogP contribution in [0.3, 0.4) is 0 Å². The van der Waals surface area contributed by atoms with Crippen molar-refractivity contribution in [2.75, 3.05) is 40.9 Å². The van der Waals surface area contributed by atoms with Crippen molar-refractivity contribution >= 4 is 13.7 Å². The summed E-state index contributed by atoms with van der Waals surface area (Å²) in [6.07, 6.45) is 53.3. The zero-order valence-corrected chi connectivity index (χ0v) is 36.9. The molecule has 3 unspecified atom stereocenters. The molecule has 0 heterocycles. The van der Waals surface area contributed by atoms with E-state index in [-0.39, 0.29) is 12.5 Å². The van der Waals surface area contributed by atoms with Gasteiger partial charge >= 0.3 is 0 Å². The van der Waals surface area contributed by atoms with Gasteiger partial charge in [0, 0.05) is 6.42 Å². The number of phosphoric ester groups is 1. The number of aliphatic hydroxyl groups is 1. The molecule has 2 N–H and O–H groups in total. The normalized spacial score (nSPS) is 15.3. The molecule has 1 amide bonds. The Morgan fingerprint density at radius 2 is 1.09 bits per heavy atom. The molecule has 0 radical (unpaired) electrons. The average molecular weight is 801 g/mol. The van der Waals surface area contributed by atoms with Crippen LogP contribution in [0, 0.1) is 0 Å². The van der Waals surface area contributed by atoms with Crippen LogP contribution < -0.4 is 10.2 Å². The topological polar surface area (TPSA) is 108 Å². The third kappa shape index (κ3) is 39.6. The number of carbonyl (C=O) groups excluding carboxylic acids is 1. The number of phosphoric acid groups is 1. The van der Waals surface area contributed by atoms with Crippen LogP contribution in [-0.4, -0.2) is 68.5 Å². The molecule has 0 saturated carbocycles. The van der Waals surface area contributed by atoms with Gasteiger partial charge in [-0.1, -0.05) is 156 Å². The standard InChI is InChI=1S/C47H81N2O6P/c1-6-8-10-12-14-15-16-17-18-19-20-21-22-23-24-25-26-27-28-29-30-31-32-33-35-37-39-41-47(51)48-45(46(50)40-38-36-34-13-11-9-7-2)44-55-56(52,53)54-43-42-49(3,4)5/h8,10,14-15,17-18,20-21,23-24,26-27,29-30,38,40,45-46,50H,6-7,9,11-13,16,19,22,25,28,31-37,39,41-44H2,1-5H3,(H-,48,51,52,53)/b10-8-,15-14-,18-17-,21-20-,24-23-,27-26-,30-29-,40-38+. The predicted molar refractivity (Wildman–Crippen MR) is 237 cm³/mol. The van der Waals surface area contributed by atoms with Crippen LogP contribution >= 0.6 is 7.82 Å². The summed E-state index contributed by atoms with van der Waals surface area (Å²) in [5.41, 5.74) is 0. The summed E-state index contributed by atoms with van der Waals surface area (Å²) in [7, 11) is 1.22. The largest absolute Gasteiger partial charge is 0.756 e. The number of unbranched alkanes of at least 4 members (excludes halogenated alkanes) is 10. The van der Waals surface area contributed by atoms with E-state index in [1.54, 1.807) is 6.08 Å². The number of amides is 1. The van der Waals surface area contributed by atoms with Gasteiger partial charge in [0.15, 0.2) is 0 Å². The highest BCUT2D eigenvalue weighted by Gasteiger charge is 2.23. The van der Waals surface area contributed by atoms with Gasteiger partial charge in [-0.2, -0.15) is 0 Å². The van der Waals surface area contributed by atoms with E-state index in [0.29, 0.717) is 17.4 Å². The smallest absolute Gasteiger partial charge is 0.268 e. The minimum atomic E-state index is -4.59. The lowest BCUT2D eigenvalue weighted by atomic mass is 10.1. The molecule has 0 aliphatic heterocycles. The van der Waals surface area contributed by atoms with Crippen molar-refractivity contribution < 1.29 is 32.9 Å². The van der Waals surface area contributed by atoms with E-state index in [0.717, 1.165) is 103 Å². The quantitative estimate of drug-likeness (QED) is 0.0280. The molecule has 0 aromatic rings. The van der Waals surface area contributed by atoms with E-state index in [1.807, 2.05) is 27.2 Å². The van der Waals surface area contributed by atoms with Crippen LogP contribution in [0.25, 0.3) is 0 Å². The SMILES string of the molecule is CC/C=C\C/C=C\C/C=C\C/C=C\C/C=C\C/C=C\C/C=C\CCCCCCCC(=O)NC(COP(=O)([O-])OCC[N+](C)(C)C)C(O)/C=C/CCCCCCC. The minimum Gasteiger partial charge on any atom is -0.756 e. The van der Waals surface area contributed by atoms with Crippen molar-refractivity contribution in [2.45, 2.75) is 154 Å². The Balaban J connectivity index is 4.26. The summed E-state index contributed by atoms with van der Waals surface area (Å²) < 4.78 is 23.0. The monoisotopic (exact) mass is 801 g/mol. The Kier molecular flexibility index (Phi) is 36.2. The highest BCUT2D eigenvalue weighted by Crippen LogP contribution is 2.38. The zero-order chi connectivity index (χ0) is 41.4. The van der Waals surface area contributed by atoms with Crippen LogP contribution in [0.15, 0.2) is 97.2 Å². The van der Waals surface area contributed by atoms with Crippen LogP contribution in [0.4, 0.5) is 0 Å². The van der Waals surface area contributed by atoms with Gasteiger partial charge in [-0.15, -0.1) is 0 Å². The summed E-state index contributed by atoms with van der Waals surface area (Å²) in [5.74, 6) is -0.227. The molecule has 3 atom stereocenters. The molecule has 0 spiro atoms. The number of nitrogens with zero attached hydrogens (tertiary/aromatic N) is 1. The fourth-order valence-electron chi connectivity index (χ4n) is 5.36. The Hall–Kier alpha value is -2.58. The van der Waals surface area contributed by atoms with Gasteiger partial charge in [0.25, 0.3) is 7.82 Å². The molecule has 9 heteroatoms. The molecule has 320 valence electrons. The van der Waals surface area contributed by atoms with Gasteiger partial charge in [0.2, 0.25) is 5.91 Å². The molecular formula is C47H81N2O6P. The highest BCUT2D eigenvalue weighted by atomic mass is 31.2. The maximum Gasteiger partial charge on any atom is 0.268 e. The molecule has 8 nitrogen and oxygen atoms in total. The summed E-state index contributed by atoms with van der Waals surface area (Å²) in [4.78, 5) is 25.1. The van der Waals surface area contributed by atoms with Gasteiger partial charge in [-0.05, 0) is 77.0 Å². The number of likely N-dealkylation sites (N-methyl/N-ethyl adjacent to an activating group) is 1. The third-order valence-electron chi connectivity index (χ3n) is 8.80. The van der Waals surface area contributed by atoms with Gasteiger partial charge in [0.05, 0.1) is 39.9 Å². The fraction of sp³-hybridized carbons (Fsp3) is 0.638. The zero-order valence-electron chi connectivity index (χ0n) is 36.0. The number of aliphatic hydroxyl groups excluding tert-OH is 1. The third-order valence-corrected chi connectivity index (χ3v) is 9.76. The van der Waals surface area contributed by atoms with Gasteiger partial charge < -0.3 is 28.8 Å². The molecule has 56 heavy (non-hydrogen) atoms. The van der Waals surface area contributed by atoms with Gasteiger partial charge in [-0.3, -0.25) is 9.36 Å². The number of hydrogen-bond acceptors (Lipinski definition) is 6. The maximum atomic E-state index is 12.8. The molecule has 0 aliphatic rings. The fourth-order valence-corrected chi connectivity index (χ4v) is 6.09. The maximum absolute atomic E-state index is 12.8. The molecule has 0 rings (SSSR count). The Morgan fingerprint density at radius 1 is 0.643 bits per heavy atom. The van der Waals surface area contributed by atoms with Crippen molar-refractivity contribution in [2.24, 2.45) is 0 Å². The highest BCUT2D eigenvalue weighted by molar-refractivity contribution is 7.45. The first-order chi connectivity index (χ1) is 27.0. The van der Waals surface area contributed by atoms with Crippen LogP contribution in [0.1, 0.15) is 142 Å². The number of nitrogens with one attached hydrogen (secondary N) is 1. The van der Waals surface area contributed by atoms with Crippen molar-refractivity contribution in [1.82, 2.24) is 5.32 Å². The predicted octanol–water partition coefficient (Wildman–Crippen LogP) is 11.3. The van der Waals surface area contributed by atoms with E-state index in [1.165, 1.54) is 19.3 Å². The first-order valence-corrected chi connectivity index (χ1v) is 23.1. The van der Waals surface area contributed by atoms with E-state index in [9.17, 15) is 19.4 Å². The Morgan fingerprint density at radius 3 is 1.59 bits per heavy atom. The average Bonchev–Trinajstić information content (AvgIpc) is 3.15. The summed E-state index contributed by atoms with van der Waals surface area (Å²) in [6, 6.07) is -0.900. The summed E-state index contributed by atoms with van der Waals surface area (Å²) in [6.45, 7) is 4.41. The molecule has 0 saturated heterocycles. The second kappa shape index (κ2) is 38.0. The molecule has 0 fully saturated rings. The lowest BCUT2D eigenvalue weighted by Crippen LogP contribution is -2.45. The van der Waals surface area contributed by atoms with E-state index < -0.39 is 26.6 Å². The van der Waals surface area contributed by atoms with Crippen molar-refractivity contribution in [3.8, 4) is 0 Å². The lowest BCUT2D eigenvalue weighted by molar-refractivity contribution is -0.870. The summed E-state index contributed by atoms with van der Waals surface area (Å²) >= 11 is 0. The van der Waals surface area contributed by atoms with E-state index in [4.69, 9.17) is 9.05 Å². The Labute approximate surface area is 343 Å². The van der Waals surface area contributed by atoms with Crippen molar-refractivity contribution in [1.29, 1.82) is 0 Å². The molecular weight excluding hydrogens is 719 g/mol. The van der Waals surface area contributed by atoms with Gasteiger partial charge in [0.1, 0.15) is 13.2 Å². The van der Waals surface area contributed by atoms with Gasteiger partial charge in [-0.25, -0.2) is 0 Å². The molecule has 0 aromatic carbocycles. The Bertz CT molecular complexity index is 1230. The second-order valence-electron chi connectivity index (χ2n) is 15.3. The second-order valence-corrected chi connectivity index (χ2v) is 16.7. The number of allylic oxidation sites excluding steroid dienone is 15. The van der Waals surface area contributed by atoms with Crippen LogP contribution in [0.2, 0.25) is 0 Å². The first-order valence-electron chi connectivity index (χ1n) is 21.6. The molecule has 0 aliphatic carbocycles. The first kappa shape index (κ1) is 53.4. The van der Waals surface area contributed by atoms with Crippen molar-refractivity contribution in [3.05, 3.63) is 97.2 Å². The molecule has 0 bridgehead atoms. The number of carbonyl (C=O) groups is 1. The minimum absolute atomic E-state index is 0.0115. The number of rotatable bonds is 37. The van der Waals surface area contributed by atoms with E-state index >= 15 is 0 Å². The molecule has 0 aromatic heterocycles. The lowest BCUT2D eigenvalue weighted by Gasteiger charge is -2.29. The number of quaternary nitrogens is 1. The van der Waals surface area contributed by atoms with Crippen LogP contribution in [-0.2, 0) is 18.4 Å². The van der Waals surface area contributed by atoms with E-state index in [2.05, 4.69) is 104 Å². The van der Waals surface area contributed by atoms with Crippen LogP contribution in [0.5, 0.6) is 0 Å². The van der Waals surface area contributed by atoms with Crippen molar-refractivity contribution in [3.63, 3.8) is 0 Å².